The van der Waals surface area contributed by atoms with Gasteiger partial charge in [0, 0.05) is 12.0 Å². The fourth-order valence-electron chi connectivity index (χ4n) is 1.61. The molecule has 0 atom stereocenters. The van der Waals surface area contributed by atoms with E-state index >= 15 is 0 Å². The van der Waals surface area contributed by atoms with E-state index in [1.807, 2.05) is 0 Å². The molecule has 1 fully saturated rings. The van der Waals surface area contributed by atoms with Crippen LogP contribution in [0.4, 0.5) is 0 Å². The maximum absolute atomic E-state index is 4.23. The standard InChI is InChI=1S/C11H19N3S/c1-11(2,3)10-9(15-14-13-10)7-12-6-8-4-5-8/h8,12H,4-7H2,1-3H3. The fraction of sp³-hybridized carbons (Fsp3) is 0.818. The van der Waals surface area contributed by atoms with E-state index in [1.54, 1.807) is 0 Å². The van der Waals surface area contributed by atoms with Crippen LogP contribution in [0.3, 0.4) is 0 Å². The van der Waals surface area contributed by atoms with Gasteiger partial charge in [-0.15, -0.1) is 5.10 Å². The molecule has 1 aliphatic rings. The van der Waals surface area contributed by atoms with Gasteiger partial charge >= 0.3 is 0 Å². The van der Waals surface area contributed by atoms with Crippen LogP contribution in [-0.2, 0) is 12.0 Å². The van der Waals surface area contributed by atoms with Crippen LogP contribution in [0.5, 0.6) is 0 Å². The predicted molar refractivity (Wildman–Crippen MR) is 63.0 cm³/mol. The zero-order chi connectivity index (χ0) is 10.9. The predicted octanol–water partition coefficient (Wildman–Crippen LogP) is 2.34. The lowest BCUT2D eigenvalue weighted by Gasteiger charge is -2.16. The summed E-state index contributed by atoms with van der Waals surface area (Å²) in [6.45, 7) is 8.65. The second kappa shape index (κ2) is 4.18. The summed E-state index contributed by atoms with van der Waals surface area (Å²) < 4.78 is 4.05. The molecule has 1 saturated carbocycles. The third-order valence-electron chi connectivity index (χ3n) is 2.68. The van der Waals surface area contributed by atoms with Crippen molar-refractivity contribution >= 4 is 11.5 Å². The number of nitrogens with zero attached hydrogens (tertiary/aromatic N) is 2. The topological polar surface area (TPSA) is 37.8 Å². The fourth-order valence-corrected chi connectivity index (χ4v) is 2.43. The molecule has 0 aromatic carbocycles. The maximum atomic E-state index is 4.23. The summed E-state index contributed by atoms with van der Waals surface area (Å²) in [5, 5.41) is 7.72. The van der Waals surface area contributed by atoms with Crippen molar-refractivity contribution in [3.05, 3.63) is 10.6 Å². The van der Waals surface area contributed by atoms with E-state index in [0.717, 1.165) is 24.7 Å². The minimum absolute atomic E-state index is 0.115. The molecule has 15 heavy (non-hydrogen) atoms. The van der Waals surface area contributed by atoms with E-state index in [9.17, 15) is 0 Å². The Bertz CT molecular complexity index is 323. The molecule has 2 rings (SSSR count). The summed E-state index contributed by atoms with van der Waals surface area (Å²) >= 11 is 1.52. The number of nitrogens with one attached hydrogen (secondary N) is 1. The number of rotatable bonds is 4. The molecule has 1 aliphatic carbocycles. The largest absolute Gasteiger partial charge is 0.311 e. The van der Waals surface area contributed by atoms with Crippen LogP contribution in [0.1, 0.15) is 44.2 Å². The molecule has 3 nitrogen and oxygen atoms in total. The lowest BCUT2D eigenvalue weighted by molar-refractivity contribution is 0.551. The number of hydrogen-bond donors (Lipinski definition) is 1. The molecule has 1 heterocycles. The van der Waals surface area contributed by atoms with E-state index in [2.05, 4.69) is 35.7 Å². The van der Waals surface area contributed by atoms with E-state index in [-0.39, 0.29) is 5.41 Å². The molecule has 4 heteroatoms. The van der Waals surface area contributed by atoms with Crippen molar-refractivity contribution in [2.24, 2.45) is 5.92 Å². The van der Waals surface area contributed by atoms with Crippen LogP contribution in [-0.4, -0.2) is 16.1 Å². The van der Waals surface area contributed by atoms with Gasteiger partial charge in [-0.3, -0.25) is 0 Å². The first-order chi connectivity index (χ1) is 7.07. The molecule has 0 aliphatic heterocycles. The van der Waals surface area contributed by atoms with Crippen molar-refractivity contribution in [3.63, 3.8) is 0 Å². The molecule has 84 valence electrons. The van der Waals surface area contributed by atoms with Gasteiger partial charge in [0.1, 0.15) is 0 Å². The van der Waals surface area contributed by atoms with Crippen LogP contribution >= 0.6 is 11.5 Å². The van der Waals surface area contributed by atoms with Gasteiger partial charge in [-0.2, -0.15) is 0 Å². The minimum atomic E-state index is 0.115. The highest BCUT2D eigenvalue weighted by molar-refractivity contribution is 7.05. The molecule has 1 N–H and O–H groups in total. The van der Waals surface area contributed by atoms with Gasteiger partial charge in [-0.25, -0.2) is 0 Å². The Balaban J connectivity index is 1.91. The highest BCUT2D eigenvalue weighted by Crippen LogP contribution is 2.28. The van der Waals surface area contributed by atoms with Crippen molar-refractivity contribution in [1.82, 2.24) is 14.9 Å². The van der Waals surface area contributed by atoms with Crippen LogP contribution in [0.25, 0.3) is 0 Å². The van der Waals surface area contributed by atoms with E-state index in [1.165, 1.54) is 29.3 Å². The Morgan fingerprint density at radius 3 is 2.73 bits per heavy atom. The molecule has 1 aromatic rings. The van der Waals surface area contributed by atoms with Gasteiger partial charge in [0.25, 0.3) is 0 Å². The minimum Gasteiger partial charge on any atom is -0.311 e. The molecule has 0 radical (unpaired) electrons. The van der Waals surface area contributed by atoms with Gasteiger partial charge in [-0.1, -0.05) is 25.3 Å². The molecule has 0 saturated heterocycles. The van der Waals surface area contributed by atoms with Crippen molar-refractivity contribution in [2.45, 2.75) is 45.6 Å². The molecule has 0 bridgehead atoms. The van der Waals surface area contributed by atoms with Crippen molar-refractivity contribution < 1.29 is 0 Å². The van der Waals surface area contributed by atoms with Crippen LogP contribution < -0.4 is 5.32 Å². The summed E-state index contributed by atoms with van der Waals surface area (Å²) in [5.74, 6) is 0.934. The Morgan fingerprint density at radius 2 is 2.13 bits per heavy atom. The zero-order valence-electron chi connectivity index (χ0n) is 9.71. The zero-order valence-corrected chi connectivity index (χ0v) is 10.5. The second-order valence-corrected chi connectivity index (χ2v) is 6.21. The third kappa shape index (κ3) is 2.98. The van der Waals surface area contributed by atoms with Crippen LogP contribution in [0.15, 0.2) is 0 Å². The smallest absolute Gasteiger partial charge is 0.0854 e. The molecule has 0 amide bonds. The van der Waals surface area contributed by atoms with Crippen molar-refractivity contribution in [2.75, 3.05) is 6.54 Å². The summed E-state index contributed by atoms with van der Waals surface area (Å²) in [6.07, 6.45) is 2.81. The first-order valence-corrected chi connectivity index (χ1v) is 6.37. The Labute approximate surface area is 95.4 Å². The van der Waals surface area contributed by atoms with Crippen molar-refractivity contribution in [3.8, 4) is 0 Å². The highest BCUT2D eigenvalue weighted by Gasteiger charge is 2.23. The highest BCUT2D eigenvalue weighted by atomic mass is 32.1. The average molecular weight is 225 g/mol. The SMILES string of the molecule is CC(C)(C)c1nnsc1CNCC1CC1. The quantitative estimate of drug-likeness (QED) is 0.854. The summed E-state index contributed by atoms with van der Waals surface area (Å²) in [5.41, 5.74) is 1.26. The number of hydrogen-bond acceptors (Lipinski definition) is 4. The van der Waals surface area contributed by atoms with Crippen LogP contribution in [0, 0.1) is 5.92 Å². The summed E-state index contributed by atoms with van der Waals surface area (Å²) in [6, 6.07) is 0. The second-order valence-electron chi connectivity index (χ2n) is 5.37. The normalized spacial score (nSPS) is 17.0. The van der Waals surface area contributed by atoms with Crippen molar-refractivity contribution in [1.29, 1.82) is 0 Å². The summed E-state index contributed by atoms with van der Waals surface area (Å²) in [4.78, 5) is 1.29. The molecule has 0 spiro atoms. The van der Waals surface area contributed by atoms with Crippen LogP contribution in [0.2, 0.25) is 0 Å². The van der Waals surface area contributed by atoms with Gasteiger partial charge in [0.15, 0.2) is 0 Å². The molecular formula is C11H19N3S. The van der Waals surface area contributed by atoms with E-state index in [4.69, 9.17) is 0 Å². The first-order valence-electron chi connectivity index (χ1n) is 5.60. The summed E-state index contributed by atoms with van der Waals surface area (Å²) in [7, 11) is 0. The molecular weight excluding hydrogens is 206 g/mol. The lowest BCUT2D eigenvalue weighted by atomic mass is 9.91. The Morgan fingerprint density at radius 1 is 1.40 bits per heavy atom. The van der Waals surface area contributed by atoms with Gasteiger partial charge in [0.05, 0.1) is 10.6 Å². The van der Waals surface area contributed by atoms with Gasteiger partial charge in [-0.05, 0) is 36.8 Å². The van der Waals surface area contributed by atoms with Gasteiger partial charge < -0.3 is 5.32 Å². The Kier molecular flexibility index (Phi) is 3.07. The molecule has 0 unspecified atom stereocenters. The lowest BCUT2D eigenvalue weighted by Crippen LogP contribution is -2.20. The third-order valence-corrected chi connectivity index (χ3v) is 3.40. The Hall–Kier alpha value is -0.480. The molecule has 1 aromatic heterocycles. The maximum Gasteiger partial charge on any atom is 0.0854 e. The monoisotopic (exact) mass is 225 g/mol. The van der Waals surface area contributed by atoms with E-state index in [0.29, 0.717) is 0 Å². The van der Waals surface area contributed by atoms with Gasteiger partial charge in [0.2, 0.25) is 0 Å². The number of aromatic nitrogens is 2. The first kappa shape index (κ1) is 11.0. The average Bonchev–Trinajstić information content (AvgIpc) is 2.80. The van der Waals surface area contributed by atoms with E-state index < -0.39 is 0 Å².